The van der Waals surface area contributed by atoms with Crippen molar-refractivity contribution in [2.75, 3.05) is 5.32 Å². The van der Waals surface area contributed by atoms with Gasteiger partial charge in [-0.25, -0.2) is 4.68 Å². The highest BCUT2D eigenvalue weighted by Crippen LogP contribution is 2.26. The molecule has 0 aliphatic heterocycles. The molecule has 7 heteroatoms. The van der Waals surface area contributed by atoms with Crippen molar-refractivity contribution >= 4 is 38.6 Å². The van der Waals surface area contributed by atoms with Crippen LogP contribution in [0.3, 0.4) is 0 Å². The summed E-state index contributed by atoms with van der Waals surface area (Å²) in [4.78, 5) is 13.0. The summed E-state index contributed by atoms with van der Waals surface area (Å²) in [5.41, 5.74) is 4.42. The first-order valence-electron chi connectivity index (χ1n) is 9.16. The lowest BCUT2D eigenvalue weighted by Crippen LogP contribution is -2.15. The van der Waals surface area contributed by atoms with Crippen LogP contribution in [0.1, 0.15) is 35.0 Å². The molecule has 0 unspecified atom stereocenters. The average molecular weight is 438 g/mol. The number of H-pyrrole nitrogens is 1. The summed E-state index contributed by atoms with van der Waals surface area (Å²) in [6.45, 7) is 4.13. The van der Waals surface area contributed by atoms with E-state index in [0.717, 1.165) is 45.2 Å². The number of carbonyl (C=O) groups is 1. The minimum absolute atomic E-state index is 0.211. The third kappa shape index (κ3) is 3.33. The second-order valence-corrected chi connectivity index (χ2v) is 7.59. The molecule has 2 aromatic heterocycles. The number of fused-ring (bicyclic) bond motifs is 1. The van der Waals surface area contributed by atoms with Crippen LogP contribution in [0.2, 0.25) is 0 Å². The van der Waals surface area contributed by atoms with Crippen molar-refractivity contribution in [3.8, 4) is 5.69 Å². The number of aromatic amines is 1. The van der Waals surface area contributed by atoms with Crippen LogP contribution < -0.4 is 5.32 Å². The van der Waals surface area contributed by atoms with E-state index in [-0.39, 0.29) is 5.91 Å². The van der Waals surface area contributed by atoms with E-state index in [1.54, 1.807) is 6.20 Å². The van der Waals surface area contributed by atoms with Gasteiger partial charge >= 0.3 is 0 Å². The average Bonchev–Trinajstić information content (AvgIpc) is 3.27. The SMILES string of the molecule is CCCc1c(C(=O)Nc2n[nH]c3ccc(Br)cc23)cnn1-c1ccccc1C. The third-order valence-electron chi connectivity index (χ3n) is 4.70. The van der Waals surface area contributed by atoms with E-state index in [1.807, 2.05) is 54.1 Å². The Labute approximate surface area is 171 Å². The number of carbonyl (C=O) groups excluding carboxylic acids is 1. The number of amides is 1. The van der Waals surface area contributed by atoms with E-state index in [1.165, 1.54) is 0 Å². The van der Waals surface area contributed by atoms with Crippen LogP contribution in [0.15, 0.2) is 53.1 Å². The van der Waals surface area contributed by atoms with Crippen LogP contribution in [-0.4, -0.2) is 25.9 Å². The van der Waals surface area contributed by atoms with E-state index in [0.29, 0.717) is 11.4 Å². The molecular formula is C21H20BrN5O. The van der Waals surface area contributed by atoms with E-state index in [4.69, 9.17) is 0 Å². The van der Waals surface area contributed by atoms with Crippen molar-refractivity contribution in [1.29, 1.82) is 0 Å². The predicted molar refractivity (Wildman–Crippen MR) is 114 cm³/mol. The number of hydrogen-bond acceptors (Lipinski definition) is 3. The van der Waals surface area contributed by atoms with Crippen molar-refractivity contribution in [3.05, 3.63) is 70.0 Å². The normalized spacial score (nSPS) is 11.1. The predicted octanol–water partition coefficient (Wildman–Crippen LogP) is 5.02. The molecule has 0 aliphatic carbocycles. The minimum atomic E-state index is -0.211. The maximum absolute atomic E-state index is 13.0. The van der Waals surface area contributed by atoms with Gasteiger partial charge in [-0.05, 0) is 43.2 Å². The summed E-state index contributed by atoms with van der Waals surface area (Å²) >= 11 is 3.46. The van der Waals surface area contributed by atoms with Gasteiger partial charge in [0, 0.05) is 9.86 Å². The van der Waals surface area contributed by atoms with Gasteiger partial charge in [0.2, 0.25) is 0 Å². The second-order valence-electron chi connectivity index (χ2n) is 6.67. The number of aryl methyl sites for hydroxylation is 1. The van der Waals surface area contributed by atoms with Gasteiger partial charge in [0.25, 0.3) is 5.91 Å². The number of anilines is 1. The molecule has 4 aromatic rings. The molecule has 0 spiro atoms. The van der Waals surface area contributed by atoms with Crippen LogP contribution in [-0.2, 0) is 6.42 Å². The van der Waals surface area contributed by atoms with Gasteiger partial charge in [-0.1, -0.05) is 47.5 Å². The molecule has 2 N–H and O–H groups in total. The Kier molecular flexibility index (Phi) is 5.00. The van der Waals surface area contributed by atoms with Gasteiger partial charge in [-0.3, -0.25) is 9.89 Å². The molecular weight excluding hydrogens is 418 g/mol. The number of nitrogens with one attached hydrogen (secondary N) is 2. The smallest absolute Gasteiger partial charge is 0.260 e. The van der Waals surface area contributed by atoms with E-state index in [2.05, 4.69) is 43.5 Å². The molecule has 2 heterocycles. The summed E-state index contributed by atoms with van der Waals surface area (Å²) in [7, 11) is 0. The molecule has 0 aliphatic rings. The molecule has 0 saturated heterocycles. The van der Waals surface area contributed by atoms with Gasteiger partial charge in [-0.2, -0.15) is 10.2 Å². The minimum Gasteiger partial charge on any atom is -0.304 e. The molecule has 0 atom stereocenters. The zero-order valence-corrected chi connectivity index (χ0v) is 17.2. The number of rotatable bonds is 5. The van der Waals surface area contributed by atoms with Crippen molar-refractivity contribution in [1.82, 2.24) is 20.0 Å². The fraction of sp³-hybridized carbons (Fsp3) is 0.190. The Morgan fingerprint density at radius 1 is 1.25 bits per heavy atom. The fourth-order valence-electron chi connectivity index (χ4n) is 3.31. The van der Waals surface area contributed by atoms with Crippen LogP contribution >= 0.6 is 15.9 Å². The van der Waals surface area contributed by atoms with E-state index >= 15 is 0 Å². The number of hydrogen-bond donors (Lipinski definition) is 2. The Hall–Kier alpha value is -2.93. The topological polar surface area (TPSA) is 75.6 Å². The van der Waals surface area contributed by atoms with Crippen molar-refractivity contribution in [2.24, 2.45) is 0 Å². The number of para-hydroxylation sites is 1. The van der Waals surface area contributed by atoms with Crippen LogP contribution in [0.5, 0.6) is 0 Å². The standard InChI is InChI=1S/C21H20BrN5O/c1-3-6-19-16(12-23-27(19)18-8-5-4-7-13(18)2)21(28)24-20-15-11-14(22)9-10-17(15)25-26-20/h4-5,7-12H,3,6H2,1-2H3,(H2,24,25,26,28). The molecule has 0 radical (unpaired) electrons. The highest BCUT2D eigenvalue weighted by molar-refractivity contribution is 9.10. The Bertz CT molecular complexity index is 1160. The third-order valence-corrected chi connectivity index (χ3v) is 5.19. The van der Waals surface area contributed by atoms with Gasteiger partial charge < -0.3 is 5.32 Å². The van der Waals surface area contributed by atoms with E-state index in [9.17, 15) is 4.79 Å². The molecule has 28 heavy (non-hydrogen) atoms. The van der Waals surface area contributed by atoms with Gasteiger partial charge in [0.15, 0.2) is 5.82 Å². The number of nitrogens with zero attached hydrogens (tertiary/aromatic N) is 3. The fourth-order valence-corrected chi connectivity index (χ4v) is 3.67. The molecule has 0 fully saturated rings. The molecule has 6 nitrogen and oxygen atoms in total. The zero-order valence-electron chi connectivity index (χ0n) is 15.7. The summed E-state index contributed by atoms with van der Waals surface area (Å²) in [6, 6.07) is 13.8. The van der Waals surface area contributed by atoms with Crippen LogP contribution in [0.25, 0.3) is 16.6 Å². The number of aromatic nitrogens is 4. The Morgan fingerprint density at radius 3 is 2.86 bits per heavy atom. The molecule has 1 amide bonds. The van der Waals surface area contributed by atoms with Crippen LogP contribution in [0, 0.1) is 6.92 Å². The Morgan fingerprint density at radius 2 is 2.07 bits per heavy atom. The maximum Gasteiger partial charge on any atom is 0.260 e. The number of benzene rings is 2. The van der Waals surface area contributed by atoms with Gasteiger partial charge in [0.05, 0.1) is 28.7 Å². The second kappa shape index (κ2) is 7.59. The lowest BCUT2D eigenvalue weighted by Gasteiger charge is -2.11. The largest absolute Gasteiger partial charge is 0.304 e. The molecule has 2 aromatic carbocycles. The van der Waals surface area contributed by atoms with Crippen molar-refractivity contribution < 1.29 is 4.79 Å². The summed E-state index contributed by atoms with van der Waals surface area (Å²) < 4.78 is 2.79. The Balaban J connectivity index is 1.71. The monoisotopic (exact) mass is 437 g/mol. The first-order chi connectivity index (χ1) is 13.6. The van der Waals surface area contributed by atoms with Gasteiger partial charge in [-0.15, -0.1) is 0 Å². The van der Waals surface area contributed by atoms with Crippen LogP contribution in [0.4, 0.5) is 5.82 Å². The summed E-state index contributed by atoms with van der Waals surface area (Å²) in [5.74, 6) is 0.295. The molecule has 0 bridgehead atoms. The molecule has 142 valence electrons. The summed E-state index contributed by atoms with van der Waals surface area (Å²) in [6.07, 6.45) is 3.30. The highest BCUT2D eigenvalue weighted by atomic mass is 79.9. The van der Waals surface area contributed by atoms with Crippen molar-refractivity contribution in [3.63, 3.8) is 0 Å². The lowest BCUT2D eigenvalue weighted by atomic mass is 10.1. The highest BCUT2D eigenvalue weighted by Gasteiger charge is 2.20. The number of halogens is 1. The van der Waals surface area contributed by atoms with E-state index < -0.39 is 0 Å². The molecule has 0 saturated carbocycles. The van der Waals surface area contributed by atoms with Gasteiger partial charge in [0.1, 0.15) is 0 Å². The molecule has 4 rings (SSSR count). The lowest BCUT2D eigenvalue weighted by molar-refractivity contribution is 0.102. The zero-order chi connectivity index (χ0) is 19.7. The van der Waals surface area contributed by atoms with Crippen molar-refractivity contribution in [2.45, 2.75) is 26.7 Å². The summed E-state index contributed by atoms with van der Waals surface area (Å²) in [5, 5.41) is 15.5. The first kappa shape index (κ1) is 18.4. The first-order valence-corrected chi connectivity index (χ1v) is 9.95. The maximum atomic E-state index is 13.0. The quantitative estimate of drug-likeness (QED) is 0.459.